The lowest BCUT2D eigenvalue weighted by atomic mass is 9.95. The van der Waals surface area contributed by atoms with Crippen molar-refractivity contribution in [3.05, 3.63) is 88.4 Å². The highest BCUT2D eigenvalue weighted by atomic mass is 35.5. The highest BCUT2D eigenvalue weighted by Crippen LogP contribution is 2.30. The molecular weight excluding hydrogens is 488 g/mol. The van der Waals surface area contributed by atoms with Crippen LogP contribution in [0.4, 0.5) is 0 Å². The number of nitrogens with zero attached hydrogens (tertiary/aromatic N) is 1. The average molecular weight is 515 g/mol. The van der Waals surface area contributed by atoms with Gasteiger partial charge in [-0.05, 0) is 65.9 Å². The van der Waals surface area contributed by atoms with Gasteiger partial charge < -0.3 is 14.8 Å². The summed E-state index contributed by atoms with van der Waals surface area (Å²) >= 11 is 5.95. The van der Waals surface area contributed by atoms with Crippen LogP contribution in [0.15, 0.2) is 71.6 Å². The molecule has 3 aromatic rings. The number of carbonyl (C=O) groups excluding carboxylic acids is 1. The van der Waals surface area contributed by atoms with Crippen molar-refractivity contribution in [1.29, 1.82) is 0 Å². The van der Waals surface area contributed by atoms with Crippen LogP contribution in [0.1, 0.15) is 16.7 Å². The van der Waals surface area contributed by atoms with E-state index in [-0.39, 0.29) is 17.3 Å². The summed E-state index contributed by atoms with van der Waals surface area (Å²) in [5.41, 5.74) is 2.82. The van der Waals surface area contributed by atoms with Crippen LogP contribution in [-0.4, -0.2) is 45.4 Å². The lowest BCUT2D eigenvalue weighted by molar-refractivity contribution is -0.125. The Morgan fingerprint density at radius 3 is 2.37 bits per heavy atom. The van der Waals surface area contributed by atoms with E-state index < -0.39 is 16.1 Å². The minimum absolute atomic E-state index is 0.101. The molecule has 0 bridgehead atoms. The molecule has 1 unspecified atom stereocenters. The molecular formula is C26H27ClN2O5S. The predicted molar refractivity (Wildman–Crippen MR) is 134 cm³/mol. The number of halogens is 1. The lowest BCUT2D eigenvalue weighted by Gasteiger charge is -2.35. The van der Waals surface area contributed by atoms with Crippen molar-refractivity contribution in [1.82, 2.24) is 9.62 Å². The van der Waals surface area contributed by atoms with Crippen LogP contribution in [0.25, 0.3) is 0 Å². The van der Waals surface area contributed by atoms with Crippen molar-refractivity contribution in [3.63, 3.8) is 0 Å². The summed E-state index contributed by atoms with van der Waals surface area (Å²) in [6.45, 7) is 0.468. The summed E-state index contributed by atoms with van der Waals surface area (Å²) in [4.78, 5) is 13.4. The first-order valence-corrected chi connectivity index (χ1v) is 13.0. The number of sulfonamides is 1. The number of carbonyl (C=O) groups is 1. The summed E-state index contributed by atoms with van der Waals surface area (Å²) < 4.78 is 38.9. The molecule has 1 aliphatic rings. The van der Waals surface area contributed by atoms with E-state index in [1.165, 1.54) is 28.6 Å². The van der Waals surface area contributed by atoms with E-state index in [1.807, 2.05) is 42.5 Å². The maximum Gasteiger partial charge on any atom is 0.244 e. The summed E-state index contributed by atoms with van der Waals surface area (Å²) in [5.74, 6) is 0.905. The van der Waals surface area contributed by atoms with E-state index in [4.69, 9.17) is 21.1 Å². The fraction of sp³-hybridized carbons (Fsp3) is 0.269. The molecule has 3 aromatic carbocycles. The number of hydrogen-bond acceptors (Lipinski definition) is 5. The minimum atomic E-state index is -3.93. The van der Waals surface area contributed by atoms with Crippen LogP contribution in [-0.2, 0) is 34.2 Å². The van der Waals surface area contributed by atoms with E-state index in [1.54, 1.807) is 14.2 Å². The highest BCUT2D eigenvalue weighted by molar-refractivity contribution is 7.89. The lowest BCUT2D eigenvalue weighted by Crippen LogP contribution is -2.52. The third kappa shape index (κ3) is 5.45. The molecule has 1 aliphatic heterocycles. The topological polar surface area (TPSA) is 84.9 Å². The van der Waals surface area contributed by atoms with E-state index in [0.717, 1.165) is 16.7 Å². The maximum atomic E-state index is 13.5. The minimum Gasteiger partial charge on any atom is -0.493 e. The molecule has 0 saturated heterocycles. The number of methoxy groups -OCH3 is 2. The van der Waals surface area contributed by atoms with Gasteiger partial charge in [-0.25, -0.2) is 8.42 Å². The molecule has 0 aliphatic carbocycles. The van der Waals surface area contributed by atoms with Crippen LogP contribution < -0.4 is 14.8 Å². The zero-order valence-electron chi connectivity index (χ0n) is 19.5. The Bertz CT molecular complexity index is 1310. The highest BCUT2D eigenvalue weighted by Gasteiger charge is 2.39. The Kier molecular flexibility index (Phi) is 7.64. The van der Waals surface area contributed by atoms with Crippen LogP contribution in [0.3, 0.4) is 0 Å². The van der Waals surface area contributed by atoms with Gasteiger partial charge in [-0.3, -0.25) is 4.79 Å². The predicted octanol–water partition coefficient (Wildman–Crippen LogP) is 3.83. The molecule has 0 saturated carbocycles. The van der Waals surface area contributed by atoms with E-state index in [0.29, 0.717) is 35.9 Å². The van der Waals surface area contributed by atoms with Gasteiger partial charge in [0.1, 0.15) is 6.04 Å². The first-order chi connectivity index (χ1) is 16.8. The van der Waals surface area contributed by atoms with Crippen LogP contribution in [0.2, 0.25) is 5.02 Å². The van der Waals surface area contributed by atoms with Crippen LogP contribution in [0, 0.1) is 0 Å². The number of nitrogens with one attached hydrogen (secondary N) is 1. The zero-order chi connectivity index (χ0) is 25.0. The number of amides is 1. The van der Waals surface area contributed by atoms with Crippen molar-refractivity contribution in [2.75, 3.05) is 20.8 Å². The zero-order valence-corrected chi connectivity index (χ0v) is 21.1. The Morgan fingerprint density at radius 1 is 1.00 bits per heavy atom. The smallest absolute Gasteiger partial charge is 0.244 e. The average Bonchev–Trinajstić information content (AvgIpc) is 2.88. The molecule has 1 heterocycles. The fourth-order valence-electron chi connectivity index (χ4n) is 4.20. The van der Waals surface area contributed by atoms with Gasteiger partial charge in [-0.2, -0.15) is 4.31 Å². The van der Waals surface area contributed by atoms with Gasteiger partial charge in [0.2, 0.25) is 15.9 Å². The van der Waals surface area contributed by atoms with Crippen molar-refractivity contribution in [2.45, 2.75) is 30.3 Å². The molecule has 1 atom stereocenters. The van der Waals surface area contributed by atoms with Gasteiger partial charge in [-0.15, -0.1) is 0 Å². The normalized spacial score (nSPS) is 15.8. The standard InChI is InChI=1S/C26H27ClN2O5S/c1-33-24-12-7-18(15-25(24)34-2)13-14-28-26(30)23-16-19-5-3-4-6-20(19)17-29(23)35(31,32)22-10-8-21(27)9-11-22/h3-12,15,23H,13-14,16-17H2,1-2H3,(H,28,30). The van der Waals surface area contributed by atoms with E-state index >= 15 is 0 Å². The quantitative estimate of drug-likeness (QED) is 0.494. The Hall–Kier alpha value is -3.07. The van der Waals surface area contributed by atoms with E-state index in [2.05, 4.69) is 5.32 Å². The molecule has 7 nitrogen and oxygen atoms in total. The SMILES string of the molecule is COc1ccc(CCNC(=O)C2Cc3ccccc3CN2S(=O)(=O)c2ccc(Cl)cc2)cc1OC. The van der Waals surface area contributed by atoms with Gasteiger partial charge >= 0.3 is 0 Å². The number of fused-ring (bicyclic) bond motifs is 1. The number of ether oxygens (including phenoxy) is 2. The molecule has 1 N–H and O–H groups in total. The molecule has 0 radical (unpaired) electrons. The molecule has 4 rings (SSSR count). The number of rotatable bonds is 8. The molecule has 184 valence electrons. The van der Waals surface area contributed by atoms with Crippen LogP contribution >= 0.6 is 11.6 Å². The summed E-state index contributed by atoms with van der Waals surface area (Å²) in [6.07, 6.45) is 0.852. The van der Waals surface area contributed by atoms with Crippen molar-refractivity contribution in [3.8, 4) is 11.5 Å². The summed E-state index contributed by atoms with van der Waals surface area (Å²) in [6, 6.07) is 18.3. The molecule has 0 spiro atoms. The van der Waals surface area contributed by atoms with Crippen molar-refractivity contribution >= 4 is 27.5 Å². The molecule has 0 fully saturated rings. The molecule has 1 amide bonds. The third-order valence-electron chi connectivity index (χ3n) is 6.09. The molecule has 35 heavy (non-hydrogen) atoms. The van der Waals surface area contributed by atoms with Crippen molar-refractivity contribution in [2.24, 2.45) is 0 Å². The summed E-state index contributed by atoms with van der Waals surface area (Å²) in [7, 11) is -0.783. The van der Waals surface area contributed by atoms with Gasteiger partial charge in [-0.1, -0.05) is 41.9 Å². The number of benzene rings is 3. The van der Waals surface area contributed by atoms with Gasteiger partial charge in [0.25, 0.3) is 0 Å². The fourth-order valence-corrected chi connectivity index (χ4v) is 5.89. The third-order valence-corrected chi connectivity index (χ3v) is 8.21. The number of hydrogen-bond donors (Lipinski definition) is 1. The Labute approximate surface area is 210 Å². The second kappa shape index (κ2) is 10.7. The molecule has 0 aromatic heterocycles. The first-order valence-electron chi connectivity index (χ1n) is 11.2. The van der Waals surface area contributed by atoms with Gasteiger partial charge in [0.15, 0.2) is 11.5 Å². The second-order valence-corrected chi connectivity index (χ2v) is 10.6. The second-order valence-electron chi connectivity index (χ2n) is 8.22. The van der Waals surface area contributed by atoms with E-state index in [9.17, 15) is 13.2 Å². The molecule has 9 heteroatoms. The Morgan fingerprint density at radius 2 is 1.69 bits per heavy atom. The Balaban J connectivity index is 1.53. The largest absolute Gasteiger partial charge is 0.493 e. The first kappa shape index (κ1) is 25.0. The maximum absolute atomic E-state index is 13.5. The monoisotopic (exact) mass is 514 g/mol. The van der Waals surface area contributed by atoms with Gasteiger partial charge in [0, 0.05) is 18.1 Å². The van der Waals surface area contributed by atoms with Crippen LogP contribution in [0.5, 0.6) is 11.5 Å². The van der Waals surface area contributed by atoms with Gasteiger partial charge in [0.05, 0.1) is 19.1 Å². The summed E-state index contributed by atoms with van der Waals surface area (Å²) in [5, 5.41) is 3.36. The van der Waals surface area contributed by atoms with Crippen molar-refractivity contribution < 1.29 is 22.7 Å².